The lowest BCUT2D eigenvalue weighted by atomic mass is 9.97. The highest BCUT2D eigenvalue weighted by atomic mass is 15.1. The normalized spacial score (nSPS) is 18.2. The smallest absolute Gasteiger partial charge is 0.00614 e. The fraction of sp³-hybridized carbons (Fsp3) is 0.609. The summed E-state index contributed by atoms with van der Waals surface area (Å²) >= 11 is 0. The Bertz CT molecular complexity index is 621. The molecular weight excluding hydrogens is 304 g/mol. The molecule has 1 aromatic carbocycles. The van der Waals surface area contributed by atoms with E-state index >= 15 is 0 Å². The molecule has 2 aliphatic rings. The van der Waals surface area contributed by atoms with Gasteiger partial charge in [0.2, 0.25) is 0 Å². The van der Waals surface area contributed by atoms with Gasteiger partial charge in [0, 0.05) is 5.71 Å². The molecule has 1 aliphatic carbocycles. The Balaban J connectivity index is 1.47. The molecule has 0 unspecified atom stereocenters. The molecule has 0 atom stereocenters. The van der Waals surface area contributed by atoms with E-state index < -0.39 is 0 Å². The fourth-order valence-electron chi connectivity index (χ4n) is 4.17. The van der Waals surface area contributed by atoms with E-state index in [0.717, 1.165) is 30.9 Å². The monoisotopic (exact) mass is 338 g/mol. The maximum absolute atomic E-state index is 7.64. The van der Waals surface area contributed by atoms with Crippen LogP contribution in [0.2, 0.25) is 0 Å². The van der Waals surface area contributed by atoms with Gasteiger partial charge in [0.25, 0.3) is 0 Å². The van der Waals surface area contributed by atoms with Gasteiger partial charge in [0.1, 0.15) is 0 Å². The van der Waals surface area contributed by atoms with E-state index in [0.29, 0.717) is 0 Å². The number of hydrogen-bond acceptors (Lipinski definition) is 2. The Hall–Kier alpha value is -1.41. The molecule has 1 heterocycles. The Morgan fingerprint density at radius 2 is 1.96 bits per heavy atom. The van der Waals surface area contributed by atoms with Crippen molar-refractivity contribution in [1.82, 2.24) is 4.90 Å². The summed E-state index contributed by atoms with van der Waals surface area (Å²) in [6.45, 7) is 8.19. The summed E-state index contributed by atoms with van der Waals surface area (Å²) in [4.78, 5) is 2.66. The summed E-state index contributed by atoms with van der Waals surface area (Å²) in [6.07, 6.45) is 12.1. The Morgan fingerprint density at radius 1 is 1.16 bits per heavy atom. The minimum absolute atomic E-state index is 0.796. The minimum atomic E-state index is 0.796. The van der Waals surface area contributed by atoms with Gasteiger partial charge >= 0.3 is 0 Å². The second-order valence-corrected chi connectivity index (χ2v) is 8.23. The first kappa shape index (κ1) is 18.4. The van der Waals surface area contributed by atoms with Crippen molar-refractivity contribution in [2.45, 2.75) is 65.2 Å². The number of fused-ring (bicyclic) bond motifs is 1. The number of piperidine rings is 1. The van der Waals surface area contributed by atoms with Crippen LogP contribution in [0.5, 0.6) is 0 Å². The minimum Gasteiger partial charge on any atom is -0.310 e. The molecule has 0 saturated carbocycles. The van der Waals surface area contributed by atoms with Crippen molar-refractivity contribution in [2.24, 2.45) is 5.92 Å². The summed E-state index contributed by atoms with van der Waals surface area (Å²) in [7, 11) is 0. The summed E-state index contributed by atoms with van der Waals surface area (Å²) in [6, 6.07) is 6.84. The van der Waals surface area contributed by atoms with Gasteiger partial charge in [-0.15, -0.1) is 0 Å². The fourth-order valence-corrected chi connectivity index (χ4v) is 4.17. The largest absolute Gasteiger partial charge is 0.310 e. The van der Waals surface area contributed by atoms with Gasteiger partial charge in [-0.05, 0) is 101 Å². The second kappa shape index (κ2) is 8.80. The Kier molecular flexibility index (Phi) is 6.47. The van der Waals surface area contributed by atoms with Gasteiger partial charge < -0.3 is 10.3 Å². The Labute approximate surface area is 153 Å². The molecule has 1 N–H and O–H groups in total. The van der Waals surface area contributed by atoms with Crippen molar-refractivity contribution >= 4 is 11.8 Å². The van der Waals surface area contributed by atoms with E-state index in [4.69, 9.17) is 5.41 Å². The van der Waals surface area contributed by atoms with Gasteiger partial charge in [-0.1, -0.05) is 36.8 Å². The third-order valence-electron chi connectivity index (χ3n) is 5.92. The number of hydrogen-bond donors (Lipinski definition) is 1. The highest BCUT2D eigenvalue weighted by Crippen LogP contribution is 2.31. The lowest BCUT2D eigenvalue weighted by Crippen LogP contribution is -2.33. The maximum Gasteiger partial charge on any atom is 0.00614 e. The van der Waals surface area contributed by atoms with Crippen LogP contribution >= 0.6 is 0 Å². The van der Waals surface area contributed by atoms with Gasteiger partial charge in [-0.25, -0.2) is 0 Å². The number of likely N-dealkylation sites (tertiary alicyclic amines) is 1. The number of nitrogens with one attached hydrogen (secondary N) is 1. The van der Waals surface area contributed by atoms with Crippen LogP contribution in [-0.2, 0) is 12.8 Å². The molecule has 1 aliphatic heterocycles. The zero-order valence-electron chi connectivity index (χ0n) is 16.1. The number of nitrogens with zero attached hydrogens (tertiary/aromatic N) is 1. The van der Waals surface area contributed by atoms with Crippen LogP contribution in [0.3, 0.4) is 0 Å². The van der Waals surface area contributed by atoms with E-state index in [1.165, 1.54) is 74.0 Å². The summed E-state index contributed by atoms with van der Waals surface area (Å²) in [5, 5.41) is 7.64. The van der Waals surface area contributed by atoms with Crippen LogP contribution in [0.25, 0.3) is 6.08 Å². The van der Waals surface area contributed by atoms with Crippen molar-refractivity contribution in [3.63, 3.8) is 0 Å². The lowest BCUT2D eigenvalue weighted by molar-refractivity contribution is 0.189. The number of aryl methyl sites for hydroxylation is 1. The first-order chi connectivity index (χ1) is 12.1. The van der Waals surface area contributed by atoms with E-state index in [9.17, 15) is 0 Å². The average Bonchev–Trinajstić information content (AvgIpc) is 3.02. The highest BCUT2D eigenvalue weighted by Gasteiger charge is 2.17. The van der Waals surface area contributed by atoms with Crippen molar-refractivity contribution in [1.29, 1.82) is 5.41 Å². The first-order valence-electron chi connectivity index (χ1n) is 10.2. The van der Waals surface area contributed by atoms with Gasteiger partial charge in [-0.2, -0.15) is 0 Å². The van der Waals surface area contributed by atoms with Crippen LogP contribution in [0.1, 0.15) is 69.1 Å². The summed E-state index contributed by atoms with van der Waals surface area (Å²) in [5.74, 6) is 0.931. The molecule has 0 radical (unpaired) electrons. The predicted molar refractivity (Wildman–Crippen MR) is 109 cm³/mol. The summed E-state index contributed by atoms with van der Waals surface area (Å²) < 4.78 is 0. The van der Waals surface area contributed by atoms with E-state index in [2.05, 4.69) is 36.1 Å². The molecule has 0 aromatic heterocycles. The molecule has 2 heteroatoms. The Morgan fingerprint density at radius 3 is 2.72 bits per heavy atom. The van der Waals surface area contributed by atoms with Crippen LogP contribution in [-0.4, -0.2) is 30.2 Å². The van der Waals surface area contributed by atoms with Crippen molar-refractivity contribution < 1.29 is 0 Å². The molecule has 1 fully saturated rings. The van der Waals surface area contributed by atoms with E-state index in [1.54, 1.807) is 0 Å². The molecule has 25 heavy (non-hydrogen) atoms. The van der Waals surface area contributed by atoms with Crippen molar-refractivity contribution in [2.75, 3.05) is 19.6 Å². The number of rotatable bonds is 8. The standard InChI is InChI=1S/C23H34N2/c1-18-11-14-25(15-12-18)13-4-3-6-21-7-5-8-22-16-20(17-23(21)22)10-9-19(2)24/h5,7-8,17-18,24H,3-4,6,9-16H2,1-2H3. The molecular formula is C23H34N2. The average molecular weight is 339 g/mol. The second-order valence-electron chi connectivity index (χ2n) is 8.23. The molecule has 0 bridgehead atoms. The number of unbranched alkanes of at least 4 members (excludes halogenated alkanes) is 1. The molecule has 2 nitrogen and oxygen atoms in total. The molecule has 1 aromatic rings. The SMILES string of the molecule is CC(=N)CCC1=Cc2c(CCCCN3CCC(C)CC3)cccc2C1. The quantitative estimate of drug-likeness (QED) is 0.492. The van der Waals surface area contributed by atoms with Crippen LogP contribution in [0.4, 0.5) is 0 Å². The van der Waals surface area contributed by atoms with Gasteiger partial charge in [0.15, 0.2) is 0 Å². The zero-order valence-corrected chi connectivity index (χ0v) is 16.1. The topological polar surface area (TPSA) is 27.1 Å². The third-order valence-corrected chi connectivity index (χ3v) is 5.92. The lowest BCUT2D eigenvalue weighted by Gasteiger charge is -2.30. The predicted octanol–water partition coefficient (Wildman–Crippen LogP) is 5.50. The first-order valence-corrected chi connectivity index (χ1v) is 10.2. The summed E-state index contributed by atoms with van der Waals surface area (Å²) in [5.41, 5.74) is 6.83. The number of benzene rings is 1. The van der Waals surface area contributed by atoms with Gasteiger partial charge in [-0.3, -0.25) is 0 Å². The van der Waals surface area contributed by atoms with E-state index in [1.807, 2.05) is 6.92 Å². The van der Waals surface area contributed by atoms with Crippen LogP contribution < -0.4 is 0 Å². The van der Waals surface area contributed by atoms with E-state index in [-0.39, 0.29) is 0 Å². The molecule has 0 spiro atoms. The van der Waals surface area contributed by atoms with Crippen molar-refractivity contribution in [3.05, 3.63) is 40.5 Å². The number of allylic oxidation sites excluding steroid dienone is 1. The van der Waals surface area contributed by atoms with Crippen LogP contribution in [0.15, 0.2) is 23.8 Å². The highest BCUT2D eigenvalue weighted by molar-refractivity contribution is 5.79. The molecule has 0 amide bonds. The molecule has 136 valence electrons. The van der Waals surface area contributed by atoms with Crippen LogP contribution in [0, 0.1) is 11.3 Å². The zero-order chi connectivity index (χ0) is 17.6. The maximum atomic E-state index is 7.64. The third kappa shape index (κ3) is 5.28. The molecule has 3 rings (SSSR count). The van der Waals surface area contributed by atoms with Gasteiger partial charge in [0.05, 0.1) is 0 Å². The molecule has 1 saturated heterocycles. The van der Waals surface area contributed by atoms with Crippen molar-refractivity contribution in [3.8, 4) is 0 Å².